The second-order valence-corrected chi connectivity index (χ2v) is 7.03. The third-order valence-electron chi connectivity index (χ3n) is 3.92. The molecule has 0 bridgehead atoms. The van der Waals surface area contributed by atoms with Gasteiger partial charge < -0.3 is 10.1 Å². The highest BCUT2D eigenvalue weighted by molar-refractivity contribution is 9.10. The Hall–Kier alpha value is -3.48. The largest absolute Gasteiger partial charge is 0.508 e. The summed E-state index contributed by atoms with van der Waals surface area (Å²) in [5, 5.41) is 15.2. The molecule has 0 aliphatic rings. The molecule has 0 aromatic heterocycles. The van der Waals surface area contributed by atoms with Crippen molar-refractivity contribution in [3.8, 4) is 16.9 Å². The number of halogens is 1. The Morgan fingerprint density at radius 3 is 1.22 bits per heavy atom. The van der Waals surface area contributed by atoms with Crippen LogP contribution in [0.15, 0.2) is 114 Å². The topological polar surface area (TPSA) is 74.6 Å². The average molecular weight is 549 g/mol. The second-order valence-electron chi connectivity index (χ2n) is 6.11. The van der Waals surface area contributed by atoms with Gasteiger partial charge in [-0.15, -0.1) is 0 Å². The first-order valence-corrected chi connectivity index (χ1v) is 12.2. The fourth-order valence-corrected chi connectivity index (χ4v) is 2.66. The number of phenols is 1. The van der Waals surface area contributed by atoms with Gasteiger partial charge in [0.1, 0.15) is 18.3 Å². The van der Waals surface area contributed by atoms with Gasteiger partial charge in [-0.1, -0.05) is 116 Å². The summed E-state index contributed by atoms with van der Waals surface area (Å²) in [4.78, 5) is 20.5. The Bertz CT molecular complexity index is 1020. The average Bonchev–Trinajstić information content (AvgIpc) is 2.98. The fourth-order valence-electron chi connectivity index (χ4n) is 2.35. The monoisotopic (exact) mass is 548 g/mol. The molecule has 4 nitrogen and oxygen atoms in total. The van der Waals surface area contributed by atoms with Crippen LogP contribution in [-0.2, 0) is 0 Å². The third kappa shape index (κ3) is 16.2. The molecule has 2 radical (unpaired) electrons. The highest BCUT2D eigenvalue weighted by Gasteiger charge is 1.95. The molecule has 0 fully saturated rings. The molecule has 4 aromatic rings. The predicted octanol–water partition coefficient (Wildman–Crippen LogP) is 7.93. The zero-order valence-electron chi connectivity index (χ0n) is 21.2. The second kappa shape index (κ2) is 24.6. The van der Waals surface area contributed by atoms with E-state index >= 15 is 0 Å². The zero-order valence-corrected chi connectivity index (χ0v) is 22.8. The van der Waals surface area contributed by atoms with Crippen molar-refractivity contribution in [2.24, 2.45) is 0 Å². The van der Waals surface area contributed by atoms with E-state index in [2.05, 4.69) is 36.1 Å². The Labute approximate surface area is 225 Å². The molecule has 0 unspecified atom stereocenters. The smallest absolute Gasteiger partial charge is 0.277 e. The van der Waals surface area contributed by atoms with Crippen molar-refractivity contribution in [2.45, 2.75) is 27.7 Å². The molecule has 4 rings (SSSR count). The number of benzene rings is 4. The van der Waals surface area contributed by atoms with Gasteiger partial charge in [-0.05, 0) is 47.5 Å². The molecule has 0 saturated carbocycles. The summed E-state index contributed by atoms with van der Waals surface area (Å²) in [5.41, 5.74) is 3.60. The van der Waals surface area contributed by atoms with Crippen molar-refractivity contribution in [3.05, 3.63) is 125 Å². The van der Waals surface area contributed by atoms with Crippen LogP contribution in [0.1, 0.15) is 48.4 Å². The molecule has 0 spiro atoms. The standard InChI is InChI=1S/C13H10O.C7H6O2.C6H5Br.2C2H6.BHO/c14-10-11-6-8-13(9-7-11)12-4-2-1-3-5-12;8-5-6-1-3-7(9)4-2-6;7-6-4-2-1-3-5-6;3*1-2/h1-10H;1-5,9H;1-5H;2*1-2H3;2H. The van der Waals surface area contributed by atoms with Crippen LogP contribution in [0.5, 0.6) is 5.75 Å². The predicted molar refractivity (Wildman–Crippen MR) is 156 cm³/mol. The van der Waals surface area contributed by atoms with Gasteiger partial charge in [0.15, 0.2) is 0 Å². The Kier molecular flexibility index (Phi) is 23.7. The van der Waals surface area contributed by atoms with Crippen LogP contribution < -0.4 is 0 Å². The summed E-state index contributed by atoms with van der Waals surface area (Å²) in [5.74, 6) is 0.181. The Balaban J connectivity index is 0. The van der Waals surface area contributed by atoms with Gasteiger partial charge in [-0.2, -0.15) is 0 Å². The molecule has 0 aliphatic heterocycles. The number of aldehydes is 2. The summed E-state index contributed by atoms with van der Waals surface area (Å²) < 4.78 is 1.13. The Morgan fingerprint density at radius 2 is 0.889 bits per heavy atom. The molecule has 0 heterocycles. The van der Waals surface area contributed by atoms with Crippen molar-refractivity contribution in [1.29, 1.82) is 0 Å². The third-order valence-corrected chi connectivity index (χ3v) is 4.44. The molecule has 0 saturated heterocycles. The van der Waals surface area contributed by atoms with Gasteiger partial charge in [0.05, 0.1) is 0 Å². The molecule has 4 aromatic carbocycles. The number of hydrogen-bond donors (Lipinski definition) is 2. The van der Waals surface area contributed by atoms with E-state index in [0.717, 1.165) is 22.6 Å². The first-order valence-electron chi connectivity index (χ1n) is 11.4. The van der Waals surface area contributed by atoms with E-state index in [0.29, 0.717) is 11.1 Å². The fraction of sp³-hybridized carbons (Fsp3) is 0.133. The molecule has 0 amide bonds. The van der Waals surface area contributed by atoms with Crippen LogP contribution in [0, 0.1) is 0 Å². The first-order chi connectivity index (χ1) is 17.6. The zero-order chi connectivity index (χ0) is 27.6. The van der Waals surface area contributed by atoms with E-state index < -0.39 is 0 Å². The van der Waals surface area contributed by atoms with Crippen molar-refractivity contribution in [1.82, 2.24) is 0 Å². The van der Waals surface area contributed by atoms with Crippen LogP contribution in [0.2, 0.25) is 0 Å². The lowest BCUT2D eigenvalue weighted by molar-refractivity contribution is 0.111. The summed E-state index contributed by atoms with van der Waals surface area (Å²) in [6.07, 6.45) is 1.59. The van der Waals surface area contributed by atoms with Crippen molar-refractivity contribution < 1.29 is 19.7 Å². The number of aromatic hydroxyl groups is 1. The number of carbonyl (C=O) groups excluding carboxylic acids is 2. The van der Waals surface area contributed by atoms with Gasteiger partial charge in [-0.25, -0.2) is 0 Å². The SMILES string of the molecule is Brc1ccccc1.CC.CC.O=Cc1ccc(-c2ccccc2)cc1.O=Cc1ccc(O)cc1.[B]O. The van der Waals surface area contributed by atoms with Gasteiger partial charge in [-0.3, -0.25) is 9.59 Å². The van der Waals surface area contributed by atoms with Crippen molar-refractivity contribution >= 4 is 36.6 Å². The quantitative estimate of drug-likeness (QED) is 0.201. The minimum Gasteiger partial charge on any atom is -0.508 e. The molecular weight excluding hydrogens is 515 g/mol. The maximum Gasteiger partial charge on any atom is 0.277 e. The van der Waals surface area contributed by atoms with Gasteiger partial charge in [0, 0.05) is 15.6 Å². The molecule has 36 heavy (non-hydrogen) atoms. The van der Waals surface area contributed by atoms with E-state index in [1.165, 1.54) is 17.7 Å². The summed E-state index contributed by atoms with van der Waals surface area (Å²) in [7, 11) is 3.50. The van der Waals surface area contributed by atoms with Crippen LogP contribution in [0.3, 0.4) is 0 Å². The maximum atomic E-state index is 10.5. The summed E-state index contributed by atoms with van der Waals surface area (Å²) in [6.45, 7) is 8.00. The van der Waals surface area contributed by atoms with E-state index in [1.807, 2.05) is 100 Å². The minimum atomic E-state index is 0.181. The van der Waals surface area contributed by atoms with E-state index in [-0.39, 0.29) is 5.75 Å². The Morgan fingerprint density at radius 1 is 0.556 bits per heavy atom. The normalized spacial score (nSPS) is 8.17. The van der Waals surface area contributed by atoms with Gasteiger partial charge in [0.25, 0.3) is 8.05 Å². The molecule has 0 aliphatic carbocycles. The van der Waals surface area contributed by atoms with E-state index in [1.54, 1.807) is 12.1 Å². The number of rotatable bonds is 3. The number of hydrogen-bond acceptors (Lipinski definition) is 4. The van der Waals surface area contributed by atoms with Crippen LogP contribution in [-0.4, -0.2) is 30.8 Å². The highest BCUT2D eigenvalue weighted by Crippen LogP contribution is 2.18. The minimum absolute atomic E-state index is 0.181. The van der Waals surface area contributed by atoms with Crippen LogP contribution in [0.4, 0.5) is 0 Å². The lowest BCUT2D eigenvalue weighted by Crippen LogP contribution is -1.80. The lowest BCUT2D eigenvalue weighted by Gasteiger charge is -2.00. The molecule has 2 N–H and O–H groups in total. The first kappa shape index (κ1) is 34.7. The highest BCUT2D eigenvalue weighted by atomic mass is 79.9. The van der Waals surface area contributed by atoms with E-state index in [9.17, 15) is 9.59 Å². The van der Waals surface area contributed by atoms with Crippen molar-refractivity contribution in [3.63, 3.8) is 0 Å². The van der Waals surface area contributed by atoms with Gasteiger partial charge in [0.2, 0.25) is 0 Å². The number of phenolic OH excluding ortho intramolecular Hbond substituents is 1. The maximum absolute atomic E-state index is 10.5. The van der Waals surface area contributed by atoms with Crippen LogP contribution in [0.25, 0.3) is 11.1 Å². The molecular formula is C30H34BBrO4. The molecule has 188 valence electrons. The summed E-state index contributed by atoms with van der Waals surface area (Å²) >= 11 is 3.31. The molecule has 0 atom stereocenters. The molecule has 6 heteroatoms. The van der Waals surface area contributed by atoms with Crippen LogP contribution >= 0.6 is 15.9 Å². The van der Waals surface area contributed by atoms with E-state index in [4.69, 9.17) is 10.1 Å². The summed E-state index contributed by atoms with van der Waals surface area (Å²) in [6, 6.07) is 33.7. The van der Waals surface area contributed by atoms with Crippen molar-refractivity contribution in [2.75, 3.05) is 0 Å². The van der Waals surface area contributed by atoms with Gasteiger partial charge >= 0.3 is 0 Å². The lowest BCUT2D eigenvalue weighted by atomic mass is 10.0. The number of carbonyl (C=O) groups is 2.